The lowest BCUT2D eigenvalue weighted by Crippen LogP contribution is -2.11. The van der Waals surface area contributed by atoms with Gasteiger partial charge in [0.1, 0.15) is 6.61 Å². The van der Waals surface area contributed by atoms with Gasteiger partial charge in [-0.1, -0.05) is 58.3 Å². The average molecular weight is 307 g/mol. The molecule has 120 valence electrons. The van der Waals surface area contributed by atoms with Crippen molar-refractivity contribution in [2.24, 2.45) is 0 Å². The van der Waals surface area contributed by atoms with E-state index in [0.717, 1.165) is 12.8 Å². The van der Waals surface area contributed by atoms with Crippen molar-refractivity contribution in [3.05, 3.63) is 0 Å². The van der Waals surface area contributed by atoms with Crippen molar-refractivity contribution in [2.45, 2.75) is 71.1 Å². The fraction of sp³-hybridized carbons (Fsp3) is 0.938. The van der Waals surface area contributed by atoms with Gasteiger partial charge in [0.05, 0.1) is 13.2 Å². The van der Waals surface area contributed by atoms with Crippen LogP contribution < -0.4 is 0 Å². The van der Waals surface area contributed by atoms with Crippen LogP contribution in [0.2, 0.25) is 0 Å². The zero-order valence-corrected chi connectivity index (χ0v) is 13.8. The minimum absolute atomic E-state index is 0.109. The van der Waals surface area contributed by atoms with Crippen LogP contribution in [0.4, 0.5) is 0 Å². The number of carbonyl (C=O) groups is 1. The van der Waals surface area contributed by atoms with Gasteiger partial charge in [-0.3, -0.25) is 4.79 Å². The summed E-state index contributed by atoms with van der Waals surface area (Å²) in [6.45, 7) is 3.53. The van der Waals surface area contributed by atoms with Crippen molar-refractivity contribution in [1.82, 2.24) is 0 Å². The number of hydrogen-bond acceptors (Lipinski definition) is 3. The highest BCUT2D eigenvalue weighted by Gasteiger charge is 2.02. The van der Waals surface area contributed by atoms with Crippen molar-refractivity contribution in [3.8, 4) is 0 Å². The van der Waals surface area contributed by atoms with Crippen molar-refractivity contribution in [1.29, 1.82) is 0 Å². The quantitative estimate of drug-likeness (QED) is 0.250. The Morgan fingerprint density at radius 1 is 0.850 bits per heavy atom. The molecule has 0 aromatic rings. The number of unbranched alkanes of at least 4 members (excludes halogenated alkanes) is 8. The largest absolute Gasteiger partial charge is 0.463 e. The molecule has 0 aromatic heterocycles. The predicted molar refractivity (Wildman–Crippen MR) is 84.3 cm³/mol. The molecule has 0 heterocycles. The summed E-state index contributed by atoms with van der Waals surface area (Å²) in [6.07, 6.45) is 11.9. The molecule has 0 aromatic carbocycles. The summed E-state index contributed by atoms with van der Waals surface area (Å²) in [6, 6.07) is 0. The monoisotopic (exact) mass is 306 g/mol. The zero-order chi connectivity index (χ0) is 14.9. The normalized spacial score (nSPS) is 10.7. The third-order valence-electron chi connectivity index (χ3n) is 3.20. The van der Waals surface area contributed by atoms with Gasteiger partial charge in [-0.2, -0.15) is 0 Å². The fourth-order valence-corrected chi connectivity index (χ4v) is 2.13. The molecular formula is C16H31ClO3. The summed E-state index contributed by atoms with van der Waals surface area (Å²) in [5.41, 5.74) is 0. The SMILES string of the molecule is CCCCCCCCCCCC(=O)OCCOCCCl. The van der Waals surface area contributed by atoms with Crippen LogP contribution in [-0.4, -0.2) is 31.7 Å². The van der Waals surface area contributed by atoms with Gasteiger partial charge < -0.3 is 9.47 Å². The second-order valence-corrected chi connectivity index (χ2v) is 5.48. The molecule has 3 nitrogen and oxygen atoms in total. The van der Waals surface area contributed by atoms with Crippen molar-refractivity contribution < 1.29 is 14.3 Å². The maximum Gasteiger partial charge on any atom is 0.305 e. The van der Waals surface area contributed by atoms with Crippen LogP contribution in [-0.2, 0) is 14.3 Å². The van der Waals surface area contributed by atoms with Crippen molar-refractivity contribution in [2.75, 3.05) is 25.7 Å². The van der Waals surface area contributed by atoms with Gasteiger partial charge in [0.2, 0.25) is 0 Å². The standard InChI is InChI=1S/C16H31ClO3/c1-2-3-4-5-6-7-8-9-10-11-16(18)20-15-14-19-13-12-17/h2-15H2,1H3. The highest BCUT2D eigenvalue weighted by molar-refractivity contribution is 6.17. The Bertz CT molecular complexity index is 210. The van der Waals surface area contributed by atoms with E-state index in [1.165, 1.54) is 44.9 Å². The molecule has 0 radical (unpaired) electrons. The van der Waals surface area contributed by atoms with Crippen molar-refractivity contribution >= 4 is 17.6 Å². The Hall–Kier alpha value is -0.280. The molecule has 0 bridgehead atoms. The van der Waals surface area contributed by atoms with E-state index in [-0.39, 0.29) is 5.97 Å². The van der Waals surface area contributed by atoms with Gasteiger partial charge in [0.15, 0.2) is 0 Å². The maximum atomic E-state index is 11.4. The number of ether oxygens (including phenoxy) is 2. The van der Waals surface area contributed by atoms with Gasteiger partial charge >= 0.3 is 5.97 Å². The first kappa shape index (κ1) is 19.7. The molecule has 0 spiro atoms. The second-order valence-electron chi connectivity index (χ2n) is 5.10. The summed E-state index contributed by atoms with van der Waals surface area (Å²) < 4.78 is 10.2. The minimum Gasteiger partial charge on any atom is -0.463 e. The molecule has 0 atom stereocenters. The summed E-state index contributed by atoms with van der Waals surface area (Å²) in [5, 5.41) is 0. The minimum atomic E-state index is -0.109. The lowest BCUT2D eigenvalue weighted by atomic mass is 10.1. The molecule has 0 amide bonds. The summed E-state index contributed by atoms with van der Waals surface area (Å²) in [7, 11) is 0. The molecular weight excluding hydrogens is 276 g/mol. The van der Waals surface area contributed by atoms with E-state index >= 15 is 0 Å². The molecule has 0 saturated carbocycles. The van der Waals surface area contributed by atoms with E-state index < -0.39 is 0 Å². The number of rotatable bonds is 15. The molecule has 0 N–H and O–H groups in total. The van der Waals surface area contributed by atoms with Crippen LogP contribution >= 0.6 is 11.6 Å². The van der Waals surface area contributed by atoms with Crippen LogP contribution in [0.3, 0.4) is 0 Å². The van der Waals surface area contributed by atoms with Gasteiger partial charge in [0.25, 0.3) is 0 Å². The summed E-state index contributed by atoms with van der Waals surface area (Å²) in [4.78, 5) is 11.4. The molecule has 0 saturated heterocycles. The molecule has 0 aliphatic heterocycles. The molecule has 0 rings (SSSR count). The first-order chi connectivity index (χ1) is 9.81. The molecule has 0 unspecified atom stereocenters. The van der Waals surface area contributed by atoms with Crippen LogP contribution in [0.25, 0.3) is 0 Å². The fourth-order valence-electron chi connectivity index (χ4n) is 2.02. The number of hydrogen-bond donors (Lipinski definition) is 0. The topological polar surface area (TPSA) is 35.5 Å². The number of halogens is 1. The van der Waals surface area contributed by atoms with E-state index in [4.69, 9.17) is 21.1 Å². The van der Waals surface area contributed by atoms with Crippen LogP contribution in [0.1, 0.15) is 71.1 Å². The molecule has 0 aliphatic carbocycles. The van der Waals surface area contributed by atoms with Crippen LogP contribution in [0.5, 0.6) is 0 Å². The predicted octanol–water partition coefficient (Wildman–Crippen LogP) is 4.71. The number of carbonyl (C=O) groups excluding carboxylic acids is 1. The Labute approximate surface area is 129 Å². The van der Waals surface area contributed by atoms with Crippen LogP contribution in [0, 0.1) is 0 Å². The first-order valence-electron chi connectivity index (χ1n) is 8.10. The number of alkyl halides is 1. The summed E-state index contributed by atoms with van der Waals surface area (Å²) >= 11 is 5.46. The van der Waals surface area contributed by atoms with Gasteiger partial charge in [0, 0.05) is 12.3 Å². The average Bonchev–Trinajstić information content (AvgIpc) is 2.45. The lowest BCUT2D eigenvalue weighted by Gasteiger charge is -2.05. The zero-order valence-electron chi connectivity index (χ0n) is 13.0. The van der Waals surface area contributed by atoms with E-state index in [0.29, 0.717) is 32.1 Å². The first-order valence-corrected chi connectivity index (χ1v) is 8.64. The van der Waals surface area contributed by atoms with Crippen LogP contribution in [0.15, 0.2) is 0 Å². The molecule has 0 fully saturated rings. The van der Waals surface area contributed by atoms with Crippen molar-refractivity contribution in [3.63, 3.8) is 0 Å². The number of esters is 1. The van der Waals surface area contributed by atoms with Gasteiger partial charge in [-0.15, -0.1) is 11.6 Å². The van der Waals surface area contributed by atoms with E-state index in [1.807, 2.05) is 0 Å². The van der Waals surface area contributed by atoms with Gasteiger partial charge in [-0.05, 0) is 6.42 Å². The maximum absolute atomic E-state index is 11.4. The summed E-state index contributed by atoms with van der Waals surface area (Å²) in [5.74, 6) is 0.370. The smallest absolute Gasteiger partial charge is 0.305 e. The van der Waals surface area contributed by atoms with E-state index in [1.54, 1.807) is 0 Å². The third kappa shape index (κ3) is 15.8. The molecule has 0 aliphatic rings. The second kappa shape index (κ2) is 16.8. The van der Waals surface area contributed by atoms with Gasteiger partial charge in [-0.25, -0.2) is 0 Å². The molecule has 4 heteroatoms. The lowest BCUT2D eigenvalue weighted by molar-refractivity contribution is -0.145. The Kier molecular flexibility index (Phi) is 16.5. The molecule has 20 heavy (non-hydrogen) atoms. The Morgan fingerprint density at radius 2 is 1.45 bits per heavy atom. The Morgan fingerprint density at radius 3 is 2.05 bits per heavy atom. The van der Waals surface area contributed by atoms with E-state index in [9.17, 15) is 4.79 Å². The van der Waals surface area contributed by atoms with E-state index in [2.05, 4.69) is 6.92 Å². The Balaban J connectivity index is 3.11. The highest BCUT2D eigenvalue weighted by Crippen LogP contribution is 2.10. The third-order valence-corrected chi connectivity index (χ3v) is 3.35. The highest BCUT2D eigenvalue weighted by atomic mass is 35.5.